The highest BCUT2D eigenvalue weighted by Gasteiger charge is 2.27. The third kappa shape index (κ3) is 5.32. The maximum Gasteiger partial charge on any atom is 0.251 e. The van der Waals surface area contributed by atoms with Gasteiger partial charge in [-0.2, -0.15) is 4.31 Å². The summed E-state index contributed by atoms with van der Waals surface area (Å²) in [5.41, 5.74) is 1.26. The van der Waals surface area contributed by atoms with Crippen molar-refractivity contribution in [3.05, 3.63) is 53.8 Å². The highest BCUT2D eigenvalue weighted by atomic mass is 32.2. The number of piperazine rings is 1. The summed E-state index contributed by atoms with van der Waals surface area (Å²) in [6.45, 7) is 5.69. The molecule has 5 rings (SSSR count). The second-order valence-corrected chi connectivity index (χ2v) is 11.8. The summed E-state index contributed by atoms with van der Waals surface area (Å²) < 4.78 is 41.1. The molecule has 2 aromatic carbocycles. The summed E-state index contributed by atoms with van der Waals surface area (Å²) in [6.07, 6.45) is 1.77. The Hall–Kier alpha value is -2.60. The van der Waals surface area contributed by atoms with Crippen molar-refractivity contribution in [2.45, 2.75) is 17.7 Å². The molecule has 0 atom stereocenters. The average molecular weight is 518 g/mol. The standard InChI is InChI=1S/C24H28FN5O3S2/c25-19-5-8-21-22(17-19)34-24(27-21)29-15-13-28(14-16-29)12-9-26-23(31)18-3-6-20(7-4-18)35(32,33)30-10-1-2-11-30/h3-8,17H,1-2,9-16H2,(H,26,31). The quantitative estimate of drug-likeness (QED) is 0.519. The fourth-order valence-electron chi connectivity index (χ4n) is 4.47. The van der Waals surface area contributed by atoms with Crippen LogP contribution in [0.5, 0.6) is 0 Å². The van der Waals surface area contributed by atoms with Gasteiger partial charge in [-0.3, -0.25) is 9.69 Å². The van der Waals surface area contributed by atoms with E-state index in [1.165, 1.54) is 39.9 Å². The second-order valence-electron chi connectivity index (χ2n) is 8.83. The lowest BCUT2D eigenvalue weighted by molar-refractivity contribution is 0.0947. The molecule has 2 aliphatic rings. The van der Waals surface area contributed by atoms with E-state index >= 15 is 0 Å². The summed E-state index contributed by atoms with van der Waals surface area (Å²) >= 11 is 1.51. The zero-order valence-corrected chi connectivity index (χ0v) is 21.0. The zero-order chi connectivity index (χ0) is 24.4. The summed E-state index contributed by atoms with van der Waals surface area (Å²) in [4.78, 5) is 21.9. The molecule has 2 saturated heterocycles. The fraction of sp³-hybridized carbons (Fsp3) is 0.417. The van der Waals surface area contributed by atoms with Crippen LogP contribution in [0.4, 0.5) is 9.52 Å². The number of sulfonamides is 1. The van der Waals surface area contributed by atoms with Gasteiger partial charge in [-0.25, -0.2) is 17.8 Å². The average Bonchev–Trinajstić information content (AvgIpc) is 3.55. The lowest BCUT2D eigenvalue weighted by Gasteiger charge is -2.34. The number of nitrogens with zero attached hydrogens (tertiary/aromatic N) is 4. The van der Waals surface area contributed by atoms with Gasteiger partial charge in [0.1, 0.15) is 5.82 Å². The molecule has 186 valence electrons. The minimum absolute atomic E-state index is 0.213. The van der Waals surface area contributed by atoms with Crippen molar-refractivity contribution in [3.63, 3.8) is 0 Å². The van der Waals surface area contributed by atoms with Crippen LogP contribution in [0.25, 0.3) is 10.2 Å². The van der Waals surface area contributed by atoms with Gasteiger partial charge in [0.15, 0.2) is 5.13 Å². The second kappa shape index (κ2) is 10.2. The van der Waals surface area contributed by atoms with E-state index in [0.717, 1.165) is 60.9 Å². The Bertz CT molecular complexity index is 1300. The van der Waals surface area contributed by atoms with Crippen molar-refractivity contribution in [1.82, 2.24) is 19.5 Å². The Morgan fingerprint density at radius 3 is 2.43 bits per heavy atom. The number of thiazole rings is 1. The predicted octanol–water partition coefficient (Wildman–Crippen LogP) is 2.77. The summed E-state index contributed by atoms with van der Waals surface area (Å²) in [5, 5.41) is 3.84. The number of carbonyl (C=O) groups is 1. The van der Waals surface area contributed by atoms with E-state index in [0.29, 0.717) is 25.2 Å². The zero-order valence-electron chi connectivity index (χ0n) is 19.3. The van der Waals surface area contributed by atoms with Crippen molar-refractivity contribution in [3.8, 4) is 0 Å². The summed E-state index contributed by atoms with van der Waals surface area (Å²) in [5.74, 6) is -0.460. The van der Waals surface area contributed by atoms with Gasteiger partial charge in [-0.1, -0.05) is 11.3 Å². The lowest BCUT2D eigenvalue weighted by atomic mass is 10.2. The molecule has 1 N–H and O–H groups in total. The van der Waals surface area contributed by atoms with Gasteiger partial charge in [-0.05, 0) is 55.3 Å². The van der Waals surface area contributed by atoms with Crippen LogP contribution in [-0.4, -0.2) is 80.9 Å². The molecule has 3 heterocycles. The molecule has 0 radical (unpaired) electrons. The van der Waals surface area contributed by atoms with Gasteiger partial charge in [-0.15, -0.1) is 0 Å². The van der Waals surface area contributed by atoms with E-state index in [1.54, 1.807) is 18.2 Å². The van der Waals surface area contributed by atoms with Crippen LogP contribution in [0, 0.1) is 5.82 Å². The van der Waals surface area contributed by atoms with Crippen LogP contribution in [-0.2, 0) is 10.0 Å². The number of rotatable bonds is 7. The van der Waals surface area contributed by atoms with Crippen LogP contribution >= 0.6 is 11.3 Å². The first kappa shape index (κ1) is 24.1. The van der Waals surface area contributed by atoms with Crippen LogP contribution in [0.3, 0.4) is 0 Å². The molecule has 2 aliphatic heterocycles. The third-order valence-electron chi connectivity index (χ3n) is 6.51. The van der Waals surface area contributed by atoms with E-state index < -0.39 is 10.0 Å². The SMILES string of the molecule is O=C(NCCN1CCN(c2nc3ccc(F)cc3s2)CC1)c1ccc(S(=O)(=O)N2CCCC2)cc1. The summed E-state index contributed by atoms with van der Waals surface area (Å²) in [6, 6.07) is 10.8. The van der Waals surface area contributed by atoms with Crippen molar-refractivity contribution >= 4 is 42.6 Å². The topological polar surface area (TPSA) is 85.9 Å². The number of halogens is 1. The number of hydrogen-bond donors (Lipinski definition) is 1. The van der Waals surface area contributed by atoms with Gasteiger partial charge < -0.3 is 10.2 Å². The molecule has 0 spiro atoms. The number of carbonyl (C=O) groups excluding carboxylic acids is 1. The fourth-order valence-corrected chi connectivity index (χ4v) is 7.03. The number of fused-ring (bicyclic) bond motifs is 1. The van der Waals surface area contributed by atoms with Gasteiger partial charge in [0.25, 0.3) is 5.91 Å². The van der Waals surface area contributed by atoms with Gasteiger partial charge in [0.05, 0.1) is 15.1 Å². The molecule has 0 unspecified atom stereocenters. The van der Waals surface area contributed by atoms with Gasteiger partial charge >= 0.3 is 0 Å². The Morgan fingerprint density at radius 1 is 1.00 bits per heavy atom. The molecule has 2 fully saturated rings. The molecule has 3 aromatic rings. The van der Waals surface area contributed by atoms with Crippen molar-refractivity contribution in [2.75, 3.05) is 57.3 Å². The molecular weight excluding hydrogens is 489 g/mol. The van der Waals surface area contributed by atoms with Crippen LogP contribution < -0.4 is 10.2 Å². The van der Waals surface area contributed by atoms with E-state index in [2.05, 4.69) is 20.1 Å². The van der Waals surface area contributed by atoms with Crippen molar-refractivity contribution in [1.29, 1.82) is 0 Å². The number of aromatic nitrogens is 1. The Balaban J connectivity index is 1.08. The number of hydrogen-bond acceptors (Lipinski definition) is 7. The molecule has 11 heteroatoms. The molecule has 1 aromatic heterocycles. The minimum Gasteiger partial charge on any atom is -0.351 e. The minimum atomic E-state index is -3.48. The maximum atomic E-state index is 13.4. The van der Waals surface area contributed by atoms with Crippen LogP contribution in [0.1, 0.15) is 23.2 Å². The first-order chi connectivity index (χ1) is 16.9. The van der Waals surface area contributed by atoms with Crippen LogP contribution in [0.15, 0.2) is 47.4 Å². The molecule has 0 bridgehead atoms. The first-order valence-electron chi connectivity index (χ1n) is 11.8. The smallest absolute Gasteiger partial charge is 0.251 e. The van der Waals surface area contributed by atoms with E-state index in [1.807, 2.05) is 0 Å². The number of nitrogens with one attached hydrogen (secondary N) is 1. The molecule has 8 nitrogen and oxygen atoms in total. The molecular formula is C24H28FN5O3S2. The largest absolute Gasteiger partial charge is 0.351 e. The normalized spacial score (nSPS) is 17.8. The van der Waals surface area contributed by atoms with Crippen molar-refractivity contribution in [2.24, 2.45) is 0 Å². The first-order valence-corrected chi connectivity index (χ1v) is 14.1. The molecule has 35 heavy (non-hydrogen) atoms. The highest BCUT2D eigenvalue weighted by molar-refractivity contribution is 7.89. The van der Waals surface area contributed by atoms with Gasteiger partial charge in [0, 0.05) is 57.9 Å². The number of amides is 1. The van der Waals surface area contributed by atoms with E-state index in [4.69, 9.17) is 0 Å². The maximum absolute atomic E-state index is 13.4. The number of anilines is 1. The van der Waals surface area contributed by atoms with E-state index in [-0.39, 0.29) is 16.6 Å². The van der Waals surface area contributed by atoms with Crippen molar-refractivity contribution < 1.29 is 17.6 Å². The monoisotopic (exact) mass is 517 g/mol. The lowest BCUT2D eigenvalue weighted by Crippen LogP contribution is -2.48. The Morgan fingerprint density at radius 2 is 1.71 bits per heavy atom. The van der Waals surface area contributed by atoms with E-state index in [9.17, 15) is 17.6 Å². The highest BCUT2D eigenvalue weighted by Crippen LogP contribution is 2.29. The molecule has 1 amide bonds. The molecule has 0 aliphatic carbocycles. The predicted molar refractivity (Wildman–Crippen MR) is 135 cm³/mol. The van der Waals surface area contributed by atoms with Gasteiger partial charge in [0.2, 0.25) is 10.0 Å². The Kier molecular flexibility index (Phi) is 7.01. The number of benzene rings is 2. The van der Waals surface area contributed by atoms with Crippen LogP contribution in [0.2, 0.25) is 0 Å². The summed E-state index contributed by atoms with van der Waals surface area (Å²) in [7, 11) is -3.48. The molecule has 0 saturated carbocycles. The Labute approximate surface area is 208 Å². The third-order valence-corrected chi connectivity index (χ3v) is 9.51.